The SMILES string of the molecule is CCC(C)C(C(CC(=O)N1CCC[C@H]1C(OC)C(C)C(=O)NCCc1ccccc1)OC)N(C)C(=O)CNC(=O)CN(C)NC. The fraction of sp³-hybridized carbons (Fsp3) is 0.697. The van der Waals surface area contributed by atoms with Gasteiger partial charge in [-0.25, -0.2) is 5.01 Å². The Morgan fingerprint density at radius 1 is 1.04 bits per heavy atom. The maximum atomic E-state index is 13.8. The van der Waals surface area contributed by atoms with E-state index in [9.17, 15) is 19.2 Å². The number of benzene rings is 1. The van der Waals surface area contributed by atoms with E-state index >= 15 is 0 Å². The molecule has 0 bridgehead atoms. The Hall–Kier alpha value is -3.06. The molecule has 6 atom stereocenters. The number of likely N-dealkylation sites (N-methyl/N-ethyl adjacent to an activating group) is 2. The topological polar surface area (TPSA) is 133 Å². The molecular formula is C33H56N6O6. The van der Waals surface area contributed by atoms with Gasteiger partial charge in [0.15, 0.2) is 0 Å². The molecule has 0 saturated carbocycles. The minimum Gasteiger partial charge on any atom is -0.379 e. The Morgan fingerprint density at radius 2 is 1.73 bits per heavy atom. The normalized spacial score (nSPS) is 18.2. The van der Waals surface area contributed by atoms with Crippen molar-refractivity contribution in [2.45, 2.75) is 77.2 Å². The fourth-order valence-corrected chi connectivity index (χ4v) is 6.11. The fourth-order valence-electron chi connectivity index (χ4n) is 6.11. The van der Waals surface area contributed by atoms with Crippen molar-refractivity contribution in [3.63, 3.8) is 0 Å². The molecule has 1 aromatic carbocycles. The number of amides is 4. The first-order chi connectivity index (χ1) is 21.5. The summed E-state index contributed by atoms with van der Waals surface area (Å²) in [4.78, 5) is 55.8. The van der Waals surface area contributed by atoms with E-state index in [-0.39, 0.29) is 61.1 Å². The van der Waals surface area contributed by atoms with E-state index in [4.69, 9.17) is 9.47 Å². The van der Waals surface area contributed by atoms with Gasteiger partial charge in [0.25, 0.3) is 0 Å². The van der Waals surface area contributed by atoms with Gasteiger partial charge in [-0.2, -0.15) is 0 Å². The number of ether oxygens (including phenoxy) is 2. The van der Waals surface area contributed by atoms with Gasteiger partial charge < -0.3 is 29.9 Å². The Morgan fingerprint density at radius 3 is 2.33 bits per heavy atom. The number of carbonyl (C=O) groups excluding carboxylic acids is 4. The average molecular weight is 633 g/mol. The predicted molar refractivity (Wildman–Crippen MR) is 174 cm³/mol. The molecule has 254 valence electrons. The Balaban J connectivity index is 2.07. The lowest BCUT2D eigenvalue weighted by molar-refractivity contribution is -0.145. The quantitative estimate of drug-likeness (QED) is 0.195. The summed E-state index contributed by atoms with van der Waals surface area (Å²) < 4.78 is 11.7. The lowest BCUT2D eigenvalue weighted by atomic mass is 9.90. The van der Waals surface area contributed by atoms with E-state index in [0.717, 1.165) is 31.2 Å². The molecule has 5 unspecified atom stereocenters. The van der Waals surface area contributed by atoms with Crippen LogP contribution < -0.4 is 16.1 Å². The summed E-state index contributed by atoms with van der Waals surface area (Å²) in [5.41, 5.74) is 4.00. The molecule has 0 aliphatic carbocycles. The second kappa shape index (κ2) is 19.5. The largest absolute Gasteiger partial charge is 0.379 e. The number of nitrogens with zero attached hydrogens (tertiary/aromatic N) is 3. The highest BCUT2D eigenvalue weighted by atomic mass is 16.5. The molecule has 0 radical (unpaired) electrons. The van der Waals surface area contributed by atoms with E-state index < -0.39 is 18.1 Å². The maximum absolute atomic E-state index is 13.8. The van der Waals surface area contributed by atoms with Crippen LogP contribution >= 0.6 is 0 Å². The molecule has 1 aliphatic rings. The summed E-state index contributed by atoms with van der Waals surface area (Å²) in [5, 5.41) is 7.31. The van der Waals surface area contributed by atoms with E-state index in [2.05, 4.69) is 16.1 Å². The Bertz CT molecular complexity index is 1080. The van der Waals surface area contributed by atoms with Gasteiger partial charge in [0.1, 0.15) is 0 Å². The third-order valence-corrected chi connectivity index (χ3v) is 9.06. The summed E-state index contributed by atoms with van der Waals surface area (Å²) in [6.07, 6.45) is 2.10. The number of likely N-dealkylation sites (tertiary alicyclic amines) is 1. The average Bonchev–Trinajstić information content (AvgIpc) is 3.53. The minimum atomic E-state index is -0.562. The first kappa shape index (κ1) is 38.1. The molecule has 1 aliphatic heterocycles. The highest BCUT2D eigenvalue weighted by Crippen LogP contribution is 2.29. The Kier molecular flexibility index (Phi) is 16.5. The molecule has 1 heterocycles. The molecule has 1 fully saturated rings. The molecule has 4 amide bonds. The van der Waals surface area contributed by atoms with Crippen molar-refractivity contribution in [2.75, 3.05) is 61.5 Å². The summed E-state index contributed by atoms with van der Waals surface area (Å²) in [6, 6.07) is 9.36. The van der Waals surface area contributed by atoms with Crippen LogP contribution in [0.4, 0.5) is 0 Å². The Labute approximate surface area is 269 Å². The van der Waals surface area contributed by atoms with Crippen LogP contribution in [0.1, 0.15) is 52.0 Å². The van der Waals surface area contributed by atoms with Gasteiger partial charge in [-0.3, -0.25) is 24.6 Å². The zero-order chi connectivity index (χ0) is 33.5. The smallest absolute Gasteiger partial charge is 0.242 e. The van der Waals surface area contributed by atoms with Crippen LogP contribution in [0.25, 0.3) is 0 Å². The summed E-state index contributed by atoms with van der Waals surface area (Å²) in [7, 11) is 8.28. The van der Waals surface area contributed by atoms with Gasteiger partial charge in [-0.15, -0.1) is 0 Å². The molecule has 45 heavy (non-hydrogen) atoms. The molecule has 3 N–H and O–H groups in total. The highest BCUT2D eigenvalue weighted by Gasteiger charge is 2.41. The van der Waals surface area contributed by atoms with Crippen molar-refractivity contribution >= 4 is 23.6 Å². The lowest BCUT2D eigenvalue weighted by Gasteiger charge is -2.39. The van der Waals surface area contributed by atoms with Crippen molar-refractivity contribution in [1.29, 1.82) is 0 Å². The molecule has 12 heteroatoms. The molecule has 0 aromatic heterocycles. The number of methoxy groups -OCH3 is 2. The van der Waals surface area contributed by atoms with Crippen molar-refractivity contribution in [1.82, 2.24) is 30.9 Å². The van der Waals surface area contributed by atoms with Crippen LogP contribution in [0.3, 0.4) is 0 Å². The number of rotatable bonds is 19. The first-order valence-electron chi connectivity index (χ1n) is 16.1. The summed E-state index contributed by atoms with van der Waals surface area (Å²) in [5.74, 6) is -1.17. The van der Waals surface area contributed by atoms with E-state index in [1.54, 1.807) is 45.3 Å². The van der Waals surface area contributed by atoms with Crippen molar-refractivity contribution in [3.05, 3.63) is 35.9 Å². The van der Waals surface area contributed by atoms with Crippen LogP contribution in [0.2, 0.25) is 0 Å². The third-order valence-electron chi connectivity index (χ3n) is 9.06. The van der Waals surface area contributed by atoms with Crippen LogP contribution in [-0.4, -0.2) is 124 Å². The van der Waals surface area contributed by atoms with Crippen LogP contribution in [0.15, 0.2) is 30.3 Å². The van der Waals surface area contributed by atoms with Gasteiger partial charge in [-0.05, 0) is 37.8 Å². The number of hydrogen-bond acceptors (Lipinski definition) is 8. The van der Waals surface area contributed by atoms with Gasteiger partial charge in [0, 0.05) is 41.4 Å². The second-order valence-corrected chi connectivity index (χ2v) is 12.0. The van der Waals surface area contributed by atoms with E-state index in [1.807, 2.05) is 56.0 Å². The van der Waals surface area contributed by atoms with E-state index in [1.165, 1.54) is 0 Å². The zero-order valence-electron chi connectivity index (χ0n) is 28.5. The zero-order valence-corrected chi connectivity index (χ0v) is 28.5. The standard InChI is InChI=1S/C33H56N6O6/c1-9-23(2)31(38(6)30(42)21-36-28(40)22-37(5)34-4)27(44-7)20-29(41)39-19-13-16-26(39)32(45-8)24(3)33(43)35-18-17-25-14-11-10-12-15-25/h10-12,14-15,23-24,26-27,31-32,34H,9,13,16-22H2,1-8H3,(H,35,43)(H,36,40)/t23?,24?,26-,27?,31?,32?/m0/s1. The molecule has 1 saturated heterocycles. The second-order valence-electron chi connectivity index (χ2n) is 12.0. The van der Waals surface area contributed by atoms with E-state index in [0.29, 0.717) is 13.1 Å². The highest BCUT2D eigenvalue weighted by molar-refractivity contribution is 5.86. The molecular weight excluding hydrogens is 576 g/mol. The van der Waals surface area contributed by atoms with Crippen LogP contribution in [0, 0.1) is 11.8 Å². The maximum Gasteiger partial charge on any atom is 0.242 e. The number of carbonyl (C=O) groups is 4. The lowest BCUT2D eigenvalue weighted by Crippen LogP contribution is -2.54. The third kappa shape index (κ3) is 11.4. The number of nitrogens with one attached hydrogen (secondary N) is 3. The predicted octanol–water partition coefficient (Wildman–Crippen LogP) is 1.45. The molecule has 2 rings (SSSR count). The molecule has 0 spiro atoms. The summed E-state index contributed by atoms with van der Waals surface area (Å²) in [6.45, 7) is 6.95. The van der Waals surface area contributed by atoms with Crippen molar-refractivity contribution in [2.24, 2.45) is 11.8 Å². The van der Waals surface area contributed by atoms with Crippen LogP contribution in [0.5, 0.6) is 0 Å². The van der Waals surface area contributed by atoms with Crippen molar-refractivity contribution < 1.29 is 28.7 Å². The van der Waals surface area contributed by atoms with Gasteiger partial charge in [0.2, 0.25) is 23.6 Å². The number of hydrogen-bond donors (Lipinski definition) is 3. The first-order valence-corrected chi connectivity index (χ1v) is 16.1. The van der Waals surface area contributed by atoms with Gasteiger partial charge >= 0.3 is 0 Å². The van der Waals surface area contributed by atoms with Crippen LogP contribution in [-0.2, 0) is 35.1 Å². The minimum absolute atomic E-state index is 0.0310. The van der Waals surface area contributed by atoms with Gasteiger partial charge in [0.05, 0.1) is 49.7 Å². The molecule has 1 aromatic rings. The summed E-state index contributed by atoms with van der Waals surface area (Å²) >= 11 is 0. The molecule has 12 nitrogen and oxygen atoms in total. The monoisotopic (exact) mass is 632 g/mol. The van der Waals surface area contributed by atoms with Crippen molar-refractivity contribution in [3.8, 4) is 0 Å². The van der Waals surface area contributed by atoms with Gasteiger partial charge in [-0.1, -0.05) is 57.5 Å². The number of hydrazine groups is 1.